The van der Waals surface area contributed by atoms with Gasteiger partial charge in [0, 0.05) is 12.8 Å². The van der Waals surface area contributed by atoms with Crippen molar-refractivity contribution in [2.24, 2.45) is 0 Å². The molecule has 0 saturated carbocycles. The number of carbonyl (C=O) groups is 2. The van der Waals surface area contributed by atoms with Crippen molar-refractivity contribution < 1.29 is 24.2 Å². The number of carbonyl (C=O) groups excluding carboxylic acids is 2. The molecule has 0 aliphatic carbocycles. The van der Waals surface area contributed by atoms with E-state index >= 15 is 0 Å². The van der Waals surface area contributed by atoms with E-state index in [1.165, 1.54) is 180 Å². The maximum atomic E-state index is 12.4. The molecule has 0 rings (SSSR count). The molecule has 0 heterocycles. The summed E-state index contributed by atoms with van der Waals surface area (Å²) in [5.41, 5.74) is 0. The van der Waals surface area contributed by atoms with Crippen molar-refractivity contribution in [2.45, 2.75) is 341 Å². The van der Waals surface area contributed by atoms with Gasteiger partial charge in [0.1, 0.15) is 6.61 Å². The molecule has 0 radical (unpaired) electrons. The summed E-state index contributed by atoms with van der Waals surface area (Å²) in [5, 5.41) is 9.71. The van der Waals surface area contributed by atoms with E-state index in [-0.39, 0.29) is 25.2 Å². The van der Waals surface area contributed by atoms with E-state index in [1.807, 2.05) is 0 Å². The van der Waals surface area contributed by atoms with E-state index in [9.17, 15) is 14.7 Å². The molecule has 0 aliphatic heterocycles. The number of ether oxygens (including phenoxy) is 2. The van der Waals surface area contributed by atoms with Crippen LogP contribution in [-0.2, 0) is 19.1 Å². The standard InChI is InChI=1S/C81H136O5/c1-3-5-7-9-11-13-15-17-19-21-23-25-27-29-31-33-35-37-38-39-40-41-42-44-45-47-49-51-53-55-57-59-61-63-65-67-69-71-73-75-80(83)85-78-79(77-82)86-81(84)76-74-72-70-68-66-64-62-60-58-56-54-52-50-48-46-43-36-34-32-30-28-26-24-22-20-18-16-14-12-10-8-6-4-2/h6,8,12,14-15,17-18,20-21,23-24,26-27,29-30,32,36,43,48,50,54,56,60,62,79,82H,3-5,7,9-11,13,16,19,22,25,28,31,33-35,37-42,44-47,49,51-53,55,57-59,61,63-78H2,1-2H3/b8-6-,14-12-,17-15-,20-18-,23-21-,26-24-,29-27-,32-30-,43-36-,50-48-,56-54-,62-60-. The van der Waals surface area contributed by atoms with Crippen LogP contribution < -0.4 is 0 Å². The van der Waals surface area contributed by atoms with Crippen LogP contribution in [0.15, 0.2) is 146 Å². The summed E-state index contributed by atoms with van der Waals surface area (Å²) in [6.07, 6.45) is 113. The highest BCUT2D eigenvalue weighted by Gasteiger charge is 2.16. The first-order chi connectivity index (χ1) is 42.6. The van der Waals surface area contributed by atoms with Gasteiger partial charge in [-0.05, 0) is 122 Å². The first-order valence-corrected chi connectivity index (χ1v) is 36.4. The van der Waals surface area contributed by atoms with Crippen molar-refractivity contribution >= 4 is 11.9 Å². The van der Waals surface area contributed by atoms with Crippen molar-refractivity contribution in [1.29, 1.82) is 0 Å². The molecule has 0 aromatic heterocycles. The molecule has 0 aromatic carbocycles. The Morgan fingerprint density at radius 2 is 0.500 bits per heavy atom. The Labute approximate surface area is 533 Å². The molecule has 1 atom stereocenters. The summed E-state index contributed by atoms with van der Waals surface area (Å²) in [6, 6.07) is 0. The fourth-order valence-electron chi connectivity index (χ4n) is 10.2. The lowest BCUT2D eigenvalue weighted by Gasteiger charge is -2.15. The summed E-state index contributed by atoms with van der Waals surface area (Å²) in [4.78, 5) is 24.7. The van der Waals surface area contributed by atoms with Gasteiger partial charge in [-0.25, -0.2) is 0 Å². The molecule has 0 saturated heterocycles. The van der Waals surface area contributed by atoms with Crippen molar-refractivity contribution in [3.8, 4) is 0 Å². The fraction of sp³-hybridized carbons (Fsp3) is 0.679. The Morgan fingerprint density at radius 1 is 0.279 bits per heavy atom. The fourth-order valence-corrected chi connectivity index (χ4v) is 10.2. The molecule has 5 nitrogen and oxygen atoms in total. The summed E-state index contributed by atoms with van der Waals surface area (Å²) in [7, 11) is 0. The Hall–Kier alpha value is -4.22. The number of allylic oxidation sites excluding steroid dienone is 24. The molecule has 1 N–H and O–H groups in total. The zero-order valence-corrected chi connectivity index (χ0v) is 56.3. The van der Waals surface area contributed by atoms with E-state index in [0.29, 0.717) is 12.8 Å². The monoisotopic (exact) mass is 1190 g/mol. The van der Waals surface area contributed by atoms with Crippen LogP contribution in [0.25, 0.3) is 0 Å². The average Bonchev–Trinajstić information content (AvgIpc) is 3.55. The lowest BCUT2D eigenvalue weighted by Crippen LogP contribution is -2.28. The smallest absolute Gasteiger partial charge is 0.306 e. The molecule has 86 heavy (non-hydrogen) atoms. The van der Waals surface area contributed by atoms with Crippen molar-refractivity contribution in [2.75, 3.05) is 13.2 Å². The lowest BCUT2D eigenvalue weighted by atomic mass is 10.0. The minimum absolute atomic E-state index is 0.0792. The second kappa shape index (κ2) is 75.0. The number of esters is 2. The third-order valence-corrected chi connectivity index (χ3v) is 15.6. The van der Waals surface area contributed by atoms with Gasteiger partial charge in [0.15, 0.2) is 6.10 Å². The van der Waals surface area contributed by atoms with Crippen LogP contribution in [0.3, 0.4) is 0 Å². The maximum absolute atomic E-state index is 12.4. The van der Waals surface area contributed by atoms with Crippen LogP contribution in [-0.4, -0.2) is 36.4 Å². The normalized spacial score (nSPS) is 13.1. The minimum atomic E-state index is -0.793. The summed E-state index contributed by atoms with van der Waals surface area (Å²) < 4.78 is 10.7. The van der Waals surface area contributed by atoms with Gasteiger partial charge in [-0.15, -0.1) is 0 Å². The number of hydrogen-bond acceptors (Lipinski definition) is 5. The topological polar surface area (TPSA) is 72.8 Å². The summed E-state index contributed by atoms with van der Waals surface area (Å²) in [6.45, 7) is 4.02. The molecule has 0 fully saturated rings. The highest BCUT2D eigenvalue weighted by Crippen LogP contribution is 2.17. The number of hydrogen-bond donors (Lipinski definition) is 1. The molecular weight excluding hydrogens is 1050 g/mol. The van der Waals surface area contributed by atoms with Crippen LogP contribution >= 0.6 is 0 Å². The Balaban J connectivity index is 3.51. The van der Waals surface area contributed by atoms with E-state index in [2.05, 4.69) is 160 Å². The van der Waals surface area contributed by atoms with Crippen LogP contribution in [0.2, 0.25) is 0 Å². The van der Waals surface area contributed by atoms with E-state index in [1.54, 1.807) is 0 Å². The van der Waals surface area contributed by atoms with Crippen molar-refractivity contribution in [3.05, 3.63) is 146 Å². The molecule has 5 heteroatoms. The largest absolute Gasteiger partial charge is 0.462 e. The van der Waals surface area contributed by atoms with Gasteiger partial charge >= 0.3 is 11.9 Å². The minimum Gasteiger partial charge on any atom is -0.462 e. The zero-order chi connectivity index (χ0) is 61.9. The highest BCUT2D eigenvalue weighted by molar-refractivity contribution is 5.70. The van der Waals surface area contributed by atoms with E-state index in [0.717, 1.165) is 128 Å². The van der Waals surface area contributed by atoms with Gasteiger partial charge < -0.3 is 14.6 Å². The summed E-state index contributed by atoms with van der Waals surface area (Å²) >= 11 is 0. The van der Waals surface area contributed by atoms with Crippen molar-refractivity contribution in [1.82, 2.24) is 0 Å². The molecule has 0 bridgehead atoms. The van der Waals surface area contributed by atoms with E-state index < -0.39 is 6.10 Å². The van der Waals surface area contributed by atoms with Crippen molar-refractivity contribution in [3.63, 3.8) is 0 Å². The Morgan fingerprint density at radius 3 is 0.756 bits per heavy atom. The highest BCUT2D eigenvalue weighted by atomic mass is 16.6. The molecular formula is C81H136O5. The second-order valence-corrected chi connectivity index (χ2v) is 23.9. The van der Waals surface area contributed by atoms with Crippen LogP contribution in [0.5, 0.6) is 0 Å². The van der Waals surface area contributed by atoms with E-state index in [4.69, 9.17) is 9.47 Å². The van der Waals surface area contributed by atoms with Gasteiger partial charge in [-0.1, -0.05) is 346 Å². The number of rotatable bonds is 66. The SMILES string of the molecule is CC/C=C\C/C=C\C/C=C\C/C=C\C/C=C\C/C=C\C/C=C\C/C=C\C/C=C\CCCCCCCC(=O)OC(CO)COC(=O)CCCCCCCCCCCCCCCCCCCCCCCCCC/C=C\C/C=C\C/C=C\CCCCCCC. The number of aliphatic hydroxyl groups is 1. The van der Waals surface area contributed by atoms with Crippen LogP contribution in [0, 0.1) is 0 Å². The molecule has 0 spiro atoms. The molecule has 0 amide bonds. The second-order valence-electron chi connectivity index (χ2n) is 23.9. The van der Waals surface area contributed by atoms with Gasteiger partial charge in [0.05, 0.1) is 6.61 Å². The number of unbranched alkanes of at least 4 members (excludes halogenated alkanes) is 34. The molecule has 0 aromatic rings. The Bertz CT molecular complexity index is 1780. The van der Waals surface area contributed by atoms with Crippen LogP contribution in [0.4, 0.5) is 0 Å². The van der Waals surface area contributed by atoms with Crippen LogP contribution in [0.1, 0.15) is 335 Å². The maximum Gasteiger partial charge on any atom is 0.306 e. The molecule has 490 valence electrons. The number of aliphatic hydroxyl groups excluding tert-OH is 1. The third-order valence-electron chi connectivity index (χ3n) is 15.6. The quantitative estimate of drug-likeness (QED) is 0.0373. The first-order valence-electron chi connectivity index (χ1n) is 36.4. The predicted octanol–water partition coefficient (Wildman–Crippen LogP) is 25.7. The van der Waals surface area contributed by atoms with Gasteiger partial charge in [0.2, 0.25) is 0 Å². The first kappa shape index (κ1) is 81.8. The summed E-state index contributed by atoms with van der Waals surface area (Å²) in [5.74, 6) is -0.610. The third kappa shape index (κ3) is 72.3. The predicted molar refractivity (Wildman–Crippen MR) is 380 cm³/mol. The average molecular weight is 1190 g/mol. The lowest BCUT2D eigenvalue weighted by molar-refractivity contribution is -0.161. The Kier molecular flexibility index (Phi) is 71.3. The molecule has 0 aliphatic rings. The van der Waals surface area contributed by atoms with Gasteiger partial charge in [-0.2, -0.15) is 0 Å². The van der Waals surface area contributed by atoms with Gasteiger partial charge in [0.25, 0.3) is 0 Å². The van der Waals surface area contributed by atoms with Gasteiger partial charge in [-0.3, -0.25) is 9.59 Å². The zero-order valence-electron chi connectivity index (χ0n) is 56.3. The molecule has 1 unspecified atom stereocenters.